The molecule has 0 radical (unpaired) electrons. The van der Waals surface area contributed by atoms with Gasteiger partial charge in [0.25, 0.3) is 5.91 Å². The Hall–Kier alpha value is -2.41. The molecule has 23 heavy (non-hydrogen) atoms. The number of carbonyl (C=O) groups is 1. The minimum atomic E-state index is -0.663. The predicted molar refractivity (Wildman–Crippen MR) is 84.7 cm³/mol. The normalized spacial score (nSPS) is 19.1. The van der Waals surface area contributed by atoms with Crippen LogP contribution in [0.15, 0.2) is 18.3 Å². The number of imidazole rings is 1. The maximum Gasteiger partial charge on any atom is 0.251 e. The number of amides is 1. The summed E-state index contributed by atoms with van der Waals surface area (Å²) in [7, 11) is 0. The molecule has 1 fully saturated rings. The molecule has 3 aromatic rings. The minimum absolute atomic E-state index is 0.139. The van der Waals surface area contributed by atoms with Crippen molar-refractivity contribution < 1.29 is 9.18 Å². The SMILES string of the molecule is CCN1CCCC1c1c[nH]n2c1nc1cc(F)cc(C(N)=O)c12. The Kier molecular flexibility index (Phi) is 3.12. The van der Waals surface area contributed by atoms with Crippen LogP contribution in [0.5, 0.6) is 0 Å². The molecule has 120 valence electrons. The highest BCUT2D eigenvalue weighted by atomic mass is 19.1. The summed E-state index contributed by atoms with van der Waals surface area (Å²) in [5, 5.41) is 3.14. The Bertz CT molecular complexity index is 912. The van der Waals surface area contributed by atoms with Gasteiger partial charge in [-0.05, 0) is 32.0 Å². The molecule has 1 aliphatic rings. The molecule has 1 aliphatic heterocycles. The zero-order chi connectivity index (χ0) is 16.1. The van der Waals surface area contributed by atoms with E-state index in [9.17, 15) is 9.18 Å². The second kappa shape index (κ2) is 5.06. The maximum atomic E-state index is 13.7. The lowest BCUT2D eigenvalue weighted by Crippen LogP contribution is -2.22. The number of aromatic amines is 1. The fraction of sp³-hybridized carbons (Fsp3) is 0.375. The van der Waals surface area contributed by atoms with Crippen molar-refractivity contribution in [3.05, 3.63) is 35.3 Å². The summed E-state index contributed by atoms with van der Waals surface area (Å²) < 4.78 is 15.5. The molecule has 1 saturated heterocycles. The molecule has 2 aromatic heterocycles. The monoisotopic (exact) mass is 315 g/mol. The number of likely N-dealkylation sites (tertiary alicyclic amines) is 1. The van der Waals surface area contributed by atoms with Gasteiger partial charge in [0.2, 0.25) is 0 Å². The van der Waals surface area contributed by atoms with Crippen LogP contribution >= 0.6 is 0 Å². The smallest absolute Gasteiger partial charge is 0.251 e. The summed E-state index contributed by atoms with van der Waals surface area (Å²) >= 11 is 0. The molecule has 3 N–H and O–H groups in total. The third-order valence-corrected chi connectivity index (χ3v) is 4.72. The second-order valence-corrected chi connectivity index (χ2v) is 5.97. The molecule has 3 heterocycles. The van der Waals surface area contributed by atoms with Gasteiger partial charge >= 0.3 is 0 Å². The molecule has 0 bridgehead atoms. The first kappa shape index (κ1) is 14.2. The lowest BCUT2D eigenvalue weighted by molar-refractivity contribution is 0.100. The summed E-state index contributed by atoms with van der Waals surface area (Å²) in [6, 6.07) is 2.79. The number of halogens is 1. The van der Waals surface area contributed by atoms with E-state index in [1.54, 1.807) is 4.52 Å². The first-order valence-electron chi connectivity index (χ1n) is 7.83. The summed E-state index contributed by atoms with van der Waals surface area (Å²) in [5.41, 5.74) is 8.32. The Labute approximate surface area is 132 Å². The largest absolute Gasteiger partial charge is 0.366 e. The van der Waals surface area contributed by atoms with Crippen molar-refractivity contribution in [3.8, 4) is 0 Å². The van der Waals surface area contributed by atoms with Crippen LogP contribution in [0.3, 0.4) is 0 Å². The van der Waals surface area contributed by atoms with Crippen molar-refractivity contribution in [1.29, 1.82) is 0 Å². The highest BCUT2D eigenvalue weighted by molar-refractivity contribution is 6.05. The van der Waals surface area contributed by atoms with Crippen LogP contribution in [-0.2, 0) is 0 Å². The molecule has 0 aliphatic carbocycles. The number of primary amides is 1. The number of benzene rings is 1. The van der Waals surface area contributed by atoms with E-state index in [1.165, 1.54) is 6.07 Å². The highest BCUT2D eigenvalue weighted by Gasteiger charge is 2.28. The van der Waals surface area contributed by atoms with Crippen LogP contribution in [0.4, 0.5) is 4.39 Å². The zero-order valence-corrected chi connectivity index (χ0v) is 12.8. The van der Waals surface area contributed by atoms with Crippen molar-refractivity contribution >= 4 is 22.6 Å². The Morgan fingerprint density at radius 2 is 2.35 bits per heavy atom. The number of hydrogen-bond acceptors (Lipinski definition) is 3. The predicted octanol–water partition coefficient (Wildman–Crippen LogP) is 2.21. The molecule has 1 unspecified atom stereocenters. The Morgan fingerprint density at radius 1 is 1.52 bits per heavy atom. The van der Waals surface area contributed by atoms with Gasteiger partial charge in [-0.25, -0.2) is 13.9 Å². The summed E-state index contributed by atoms with van der Waals surface area (Å²) in [6.07, 6.45) is 4.15. The topological polar surface area (TPSA) is 79.4 Å². The van der Waals surface area contributed by atoms with E-state index < -0.39 is 11.7 Å². The number of rotatable bonds is 3. The first-order chi connectivity index (χ1) is 11.1. The average Bonchev–Trinajstić information content (AvgIpc) is 3.19. The van der Waals surface area contributed by atoms with Crippen LogP contribution in [0.25, 0.3) is 16.7 Å². The van der Waals surface area contributed by atoms with Crippen molar-refractivity contribution in [2.24, 2.45) is 5.73 Å². The fourth-order valence-electron chi connectivity index (χ4n) is 3.68. The van der Waals surface area contributed by atoms with Gasteiger partial charge in [0.1, 0.15) is 11.3 Å². The van der Waals surface area contributed by atoms with E-state index in [0.717, 1.165) is 43.2 Å². The average molecular weight is 315 g/mol. The summed E-state index contributed by atoms with van der Waals surface area (Å²) in [5.74, 6) is -1.17. The first-order valence-corrected chi connectivity index (χ1v) is 7.83. The highest BCUT2D eigenvalue weighted by Crippen LogP contribution is 2.35. The van der Waals surface area contributed by atoms with E-state index in [2.05, 4.69) is 21.9 Å². The van der Waals surface area contributed by atoms with Crippen LogP contribution in [-0.4, -0.2) is 38.5 Å². The molecule has 4 rings (SSSR count). The van der Waals surface area contributed by atoms with Crippen LogP contribution < -0.4 is 5.73 Å². The van der Waals surface area contributed by atoms with E-state index in [0.29, 0.717) is 17.1 Å². The van der Waals surface area contributed by atoms with E-state index >= 15 is 0 Å². The maximum absolute atomic E-state index is 13.7. The van der Waals surface area contributed by atoms with E-state index in [4.69, 9.17) is 5.73 Å². The molecule has 1 atom stereocenters. The van der Waals surface area contributed by atoms with Gasteiger partial charge in [0.05, 0.1) is 11.1 Å². The fourth-order valence-corrected chi connectivity index (χ4v) is 3.68. The minimum Gasteiger partial charge on any atom is -0.366 e. The number of fused-ring (bicyclic) bond motifs is 3. The molecule has 0 spiro atoms. The quantitative estimate of drug-likeness (QED) is 0.777. The van der Waals surface area contributed by atoms with Gasteiger partial charge < -0.3 is 5.73 Å². The molecular weight excluding hydrogens is 297 g/mol. The number of H-pyrrole nitrogens is 1. The van der Waals surface area contributed by atoms with Crippen molar-refractivity contribution in [1.82, 2.24) is 19.5 Å². The van der Waals surface area contributed by atoms with Gasteiger partial charge in [0.15, 0.2) is 5.65 Å². The Morgan fingerprint density at radius 3 is 3.09 bits per heavy atom. The van der Waals surface area contributed by atoms with Crippen LogP contribution in [0.2, 0.25) is 0 Å². The lowest BCUT2D eigenvalue weighted by atomic mass is 10.1. The van der Waals surface area contributed by atoms with Crippen LogP contribution in [0, 0.1) is 5.82 Å². The zero-order valence-electron chi connectivity index (χ0n) is 12.8. The van der Waals surface area contributed by atoms with E-state index in [-0.39, 0.29) is 5.56 Å². The number of carbonyl (C=O) groups excluding carboxylic acids is 1. The standard InChI is InChI=1S/C16H18FN5O/c1-2-21-5-3-4-13(21)11-8-19-22-14-10(15(18)23)6-9(17)7-12(14)20-16(11)22/h6-8,13,19H,2-5H2,1H3,(H2,18,23). The van der Waals surface area contributed by atoms with Gasteiger partial charge in [0, 0.05) is 23.9 Å². The molecule has 1 amide bonds. The lowest BCUT2D eigenvalue weighted by Gasteiger charge is -2.21. The third-order valence-electron chi connectivity index (χ3n) is 4.72. The van der Waals surface area contributed by atoms with Crippen LogP contribution in [0.1, 0.15) is 41.7 Å². The number of nitrogens with two attached hydrogens (primary N) is 1. The van der Waals surface area contributed by atoms with Crippen molar-refractivity contribution in [2.75, 3.05) is 13.1 Å². The van der Waals surface area contributed by atoms with E-state index in [1.807, 2.05) is 6.20 Å². The second-order valence-electron chi connectivity index (χ2n) is 5.97. The molecule has 7 heteroatoms. The van der Waals surface area contributed by atoms with Gasteiger partial charge in [-0.3, -0.25) is 14.8 Å². The molecular formula is C16H18FN5O. The molecule has 6 nitrogen and oxygen atoms in total. The number of hydrogen-bond donors (Lipinski definition) is 2. The third kappa shape index (κ3) is 2.03. The van der Waals surface area contributed by atoms with Gasteiger partial charge in [-0.15, -0.1) is 0 Å². The van der Waals surface area contributed by atoms with Gasteiger partial charge in [-0.2, -0.15) is 0 Å². The molecule has 0 saturated carbocycles. The number of nitrogens with zero attached hydrogens (tertiary/aromatic N) is 3. The summed E-state index contributed by atoms with van der Waals surface area (Å²) in [4.78, 5) is 18.6. The Balaban J connectivity index is 1.97. The number of aromatic nitrogens is 3. The summed E-state index contributed by atoms with van der Waals surface area (Å²) in [6.45, 7) is 4.19. The van der Waals surface area contributed by atoms with Gasteiger partial charge in [-0.1, -0.05) is 6.92 Å². The number of nitrogens with one attached hydrogen (secondary N) is 1. The van der Waals surface area contributed by atoms with Crippen molar-refractivity contribution in [3.63, 3.8) is 0 Å². The van der Waals surface area contributed by atoms with Crippen molar-refractivity contribution in [2.45, 2.75) is 25.8 Å². The molecule has 1 aromatic carbocycles.